The second-order valence-electron chi connectivity index (χ2n) is 4.07. The summed E-state index contributed by atoms with van der Waals surface area (Å²) in [6.45, 7) is 1.82. The molecule has 1 aromatic heterocycles. The van der Waals surface area contributed by atoms with Crippen molar-refractivity contribution in [2.45, 2.75) is 44.8 Å². The molecule has 0 bridgehead atoms. The van der Waals surface area contributed by atoms with Gasteiger partial charge < -0.3 is 0 Å². The van der Waals surface area contributed by atoms with Gasteiger partial charge in [0.1, 0.15) is 11.9 Å². The Kier molecular flexibility index (Phi) is 2.92. The Morgan fingerprint density at radius 1 is 1.53 bits per heavy atom. The van der Waals surface area contributed by atoms with Gasteiger partial charge in [0.05, 0.1) is 0 Å². The highest BCUT2D eigenvalue weighted by molar-refractivity contribution is 5.92. The number of alkyl halides is 3. The van der Waals surface area contributed by atoms with Crippen LogP contribution in [0.25, 0.3) is 0 Å². The predicted molar refractivity (Wildman–Crippen MR) is 52.7 cm³/mol. The second-order valence-corrected chi connectivity index (χ2v) is 4.07. The number of aromatic nitrogens is 3. The van der Waals surface area contributed by atoms with Crippen molar-refractivity contribution < 1.29 is 18.0 Å². The molecule has 0 aromatic carbocycles. The highest BCUT2D eigenvalue weighted by atomic mass is 19.4. The van der Waals surface area contributed by atoms with Gasteiger partial charge in [0.15, 0.2) is 0 Å². The van der Waals surface area contributed by atoms with E-state index in [1.165, 1.54) is 0 Å². The van der Waals surface area contributed by atoms with Crippen molar-refractivity contribution in [3.05, 3.63) is 11.6 Å². The summed E-state index contributed by atoms with van der Waals surface area (Å²) in [6, 6.07) is -1.63. The van der Waals surface area contributed by atoms with Crippen LogP contribution in [0.2, 0.25) is 0 Å². The van der Waals surface area contributed by atoms with Gasteiger partial charge in [-0.25, -0.2) is 9.67 Å². The highest BCUT2D eigenvalue weighted by Crippen LogP contribution is 2.38. The Bertz CT molecular complexity index is 438. The maximum atomic E-state index is 12.6. The minimum Gasteiger partial charge on any atom is -0.291 e. The maximum absolute atomic E-state index is 12.6. The number of nitrogens with zero attached hydrogens (tertiary/aromatic N) is 3. The first-order valence-corrected chi connectivity index (χ1v) is 5.48. The fourth-order valence-corrected chi connectivity index (χ4v) is 1.92. The van der Waals surface area contributed by atoms with Crippen LogP contribution in [0.1, 0.15) is 48.7 Å². The van der Waals surface area contributed by atoms with Gasteiger partial charge in [-0.1, -0.05) is 6.92 Å². The zero-order valence-corrected chi connectivity index (χ0v) is 9.29. The number of carbonyl (C=O) groups excluding carboxylic acids is 1. The van der Waals surface area contributed by atoms with E-state index in [4.69, 9.17) is 0 Å². The molecule has 2 heterocycles. The third-order valence-corrected chi connectivity index (χ3v) is 2.74. The molecule has 0 amide bonds. The second kappa shape index (κ2) is 4.12. The molecule has 0 fully saturated rings. The van der Waals surface area contributed by atoms with E-state index in [-0.39, 0.29) is 36.7 Å². The van der Waals surface area contributed by atoms with E-state index in [9.17, 15) is 18.0 Å². The van der Waals surface area contributed by atoms with Gasteiger partial charge in [-0.2, -0.15) is 13.2 Å². The molecule has 4 nitrogen and oxygen atoms in total. The molecule has 0 N–H and O–H groups in total. The largest absolute Gasteiger partial charge is 0.410 e. The Hall–Kier alpha value is -1.40. The maximum Gasteiger partial charge on any atom is 0.410 e. The van der Waals surface area contributed by atoms with Crippen molar-refractivity contribution in [3.63, 3.8) is 0 Å². The molecular formula is C10H12F3N3O. The topological polar surface area (TPSA) is 47.8 Å². The summed E-state index contributed by atoms with van der Waals surface area (Å²) >= 11 is 0. The zero-order chi connectivity index (χ0) is 12.6. The molecule has 0 saturated heterocycles. The van der Waals surface area contributed by atoms with E-state index >= 15 is 0 Å². The molecule has 1 aromatic rings. The molecule has 94 valence electrons. The lowest BCUT2D eigenvalue weighted by molar-refractivity contribution is -0.168. The normalized spacial score (nSPS) is 19.4. The van der Waals surface area contributed by atoms with E-state index in [1.807, 2.05) is 6.92 Å². The zero-order valence-electron chi connectivity index (χ0n) is 9.29. The van der Waals surface area contributed by atoms with Gasteiger partial charge in [-0.3, -0.25) is 4.79 Å². The van der Waals surface area contributed by atoms with Gasteiger partial charge in [-0.15, -0.1) is 5.10 Å². The Morgan fingerprint density at radius 2 is 2.24 bits per heavy atom. The van der Waals surface area contributed by atoms with E-state index in [2.05, 4.69) is 10.1 Å². The highest BCUT2D eigenvalue weighted by Gasteiger charge is 2.46. The molecule has 2 rings (SSSR count). The lowest BCUT2D eigenvalue weighted by atomic mass is 10.2. The molecule has 7 heteroatoms. The SMILES string of the molecule is CCCC(=O)c1nc2n(n1)C(C(F)(F)F)CC2. The minimum absolute atomic E-state index is 0.0406. The van der Waals surface area contributed by atoms with Crippen LogP contribution in [-0.2, 0) is 6.42 Å². The smallest absolute Gasteiger partial charge is 0.291 e. The molecule has 1 unspecified atom stereocenters. The Morgan fingerprint density at radius 3 is 2.82 bits per heavy atom. The molecule has 1 aliphatic heterocycles. The van der Waals surface area contributed by atoms with Crippen molar-refractivity contribution in [1.82, 2.24) is 14.8 Å². The molecule has 0 aliphatic carbocycles. The van der Waals surface area contributed by atoms with E-state index in [0.717, 1.165) is 4.68 Å². The van der Waals surface area contributed by atoms with Crippen LogP contribution in [0, 0.1) is 0 Å². The van der Waals surface area contributed by atoms with E-state index in [0.29, 0.717) is 6.42 Å². The number of aryl methyl sites for hydroxylation is 1. The molecule has 0 spiro atoms. The quantitative estimate of drug-likeness (QED) is 0.770. The van der Waals surface area contributed by atoms with Crippen LogP contribution in [0.15, 0.2) is 0 Å². The fourth-order valence-electron chi connectivity index (χ4n) is 1.92. The molecular weight excluding hydrogens is 235 g/mol. The Balaban J connectivity index is 2.26. The van der Waals surface area contributed by atoms with Crippen LogP contribution in [0.4, 0.5) is 13.2 Å². The first kappa shape index (κ1) is 12.1. The monoisotopic (exact) mass is 247 g/mol. The van der Waals surface area contributed by atoms with Gasteiger partial charge >= 0.3 is 6.18 Å². The van der Waals surface area contributed by atoms with E-state index in [1.54, 1.807) is 0 Å². The lowest BCUT2D eigenvalue weighted by Gasteiger charge is -2.14. The molecule has 1 atom stereocenters. The average Bonchev–Trinajstić information content (AvgIpc) is 2.73. The standard InChI is InChI=1S/C10H12F3N3O/c1-2-3-6(17)9-14-8-5-4-7(10(11,12)13)16(8)15-9/h7H,2-5H2,1H3. The number of hydrogen-bond acceptors (Lipinski definition) is 3. The molecule has 0 saturated carbocycles. The summed E-state index contributed by atoms with van der Waals surface area (Å²) < 4.78 is 38.7. The van der Waals surface area contributed by atoms with Gasteiger partial charge in [0.2, 0.25) is 11.6 Å². The number of Topliss-reactive ketones (excluding diaryl/α,β-unsaturated/α-hetero) is 1. The van der Waals surface area contributed by atoms with Gasteiger partial charge in [0, 0.05) is 12.8 Å². The average molecular weight is 247 g/mol. The minimum atomic E-state index is -4.33. The summed E-state index contributed by atoms with van der Waals surface area (Å²) in [6.07, 6.45) is -3.26. The van der Waals surface area contributed by atoms with Crippen LogP contribution in [0.3, 0.4) is 0 Å². The predicted octanol–water partition coefficient (Wildman–Crippen LogP) is 2.31. The van der Waals surface area contributed by atoms with Gasteiger partial charge in [0.25, 0.3) is 0 Å². The number of ketones is 1. The number of halogens is 3. The van der Waals surface area contributed by atoms with Crippen LogP contribution in [-0.4, -0.2) is 26.7 Å². The summed E-state index contributed by atoms with van der Waals surface area (Å²) in [5.74, 6) is -0.127. The molecule has 0 radical (unpaired) electrons. The fraction of sp³-hybridized carbons (Fsp3) is 0.700. The Labute approximate surface area is 95.8 Å². The van der Waals surface area contributed by atoms with Crippen molar-refractivity contribution in [1.29, 1.82) is 0 Å². The summed E-state index contributed by atoms with van der Waals surface area (Å²) in [5.41, 5.74) is 0. The van der Waals surface area contributed by atoms with Crippen molar-refractivity contribution in [2.75, 3.05) is 0 Å². The summed E-state index contributed by atoms with van der Waals surface area (Å²) in [4.78, 5) is 15.4. The van der Waals surface area contributed by atoms with Crippen LogP contribution in [0.5, 0.6) is 0 Å². The first-order chi connectivity index (χ1) is 7.93. The number of carbonyl (C=O) groups is 1. The third kappa shape index (κ3) is 2.18. The first-order valence-electron chi connectivity index (χ1n) is 5.48. The van der Waals surface area contributed by atoms with Crippen molar-refractivity contribution >= 4 is 5.78 Å². The third-order valence-electron chi connectivity index (χ3n) is 2.74. The van der Waals surface area contributed by atoms with Crippen LogP contribution >= 0.6 is 0 Å². The van der Waals surface area contributed by atoms with E-state index < -0.39 is 12.2 Å². The van der Waals surface area contributed by atoms with Crippen LogP contribution < -0.4 is 0 Å². The number of rotatable bonds is 3. The number of fused-ring (bicyclic) bond motifs is 1. The summed E-state index contributed by atoms with van der Waals surface area (Å²) in [7, 11) is 0. The molecule has 1 aliphatic rings. The molecule has 17 heavy (non-hydrogen) atoms. The lowest BCUT2D eigenvalue weighted by Crippen LogP contribution is -2.24. The van der Waals surface area contributed by atoms with Crippen molar-refractivity contribution in [2.24, 2.45) is 0 Å². The number of hydrogen-bond donors (Lipinski definition) is 0. The summed E-state index contributed by atoms with van der Waals surface area (Å²) in [5, 5.41) is 3.69. The van der Waals surface area contributed by atoms with Crippen molar-refractivity contribution in [3.8, 4) is 0 Å². The van der Waals surface area contributed by atoms with Gasteiger partial charge in [-0.05, 0) is 12.8 Å².